The molecule has 2 rings (SSSR count). The zero-order chi connectivity index (χ0) is 15.1. The third-order valence-electron chi connectivity index (χ3n) is 2.51. The Bertz CT molecular complexity index is 602. The Balaban J connectivity index is 1.91. The highest BCUT2D eigenvalue weighted by Gasteiger charge is 2.09. The maximum Gasteiger partial charge on any atom is 0.262 e. The fraction of sp³-hybridized carbons (Fsp3) is 0.200. The summed E-state index contributed by atoms with van der Waals surface area (Å²) < 4.78 is 11.9. The van der Waals surface area contributed by atoms with Crippen molar-refractivity contribution in [3.63, 3.8) is 0 Å². The maximum absolute atomic E-state index is 11.9. The van der Waals surface area contributed by atoms with Gasteiger partial charge in [0.05, 0.1) is 6.61 Å². The van der Waals surface area contributed by atoms with Gasteiger partial charge in [0.25, 0.3) is 5.91 Å². The van der Waals surface area contributed by atoms with Gasteiger partial charge in [0, 0.05) is 9.77 Å². The Labute approximate surface area is 136 Å². The van der Waals surface area contributed by atoms with Crippen molar-refractivity contribution in [2.45, 2.75) is 6.92 Å². The van der Waals surface area contributed by atoms with E-state index < -0.39 is 0 Å². The molecule has 1 aromatic heterocycles. The van der Waals surface area contributed by atoms with Crippen LogP contribution in [0.15, 0.2) is 42.6 Å². The summed E-state index contributed by atoms with van der Waals surface area (Å²) in [6.45, 7) is 2.28. The molecule has 6 heteroatoms. The van der Waals surface area contributed by atoms with Crippen LogP contribution in [0.3, 0.4) is 0 Å². The first-order chi connectivity index (χ1) is 10.2. The summed E-state index contributed by atoms with van der Waals surface area (Å²) in [5, 5.41) is 2.72. The first kappa shape index (κ1) is 15.6. The topological polar surface area (TPSA) is 60.5 Å². The van der Waals surface area contributed by atoms with Gasteiger partial charge in [-0.15, -0.1) is 0 Å². The molecule has 0 saturated carbocycles. The van der Waals surface area contributed by atoms with E-state index in [1.165, 1.54) is 0 Å². The van der Waals surface area contributed by atoms with E-state index in [4.69, 9.17) is 9.47 Å². The van der Waals surface area contributed by atoms with E-state index in [1.54, 1.807) is 18.3 Å². The molecule has 5 nitrogen and oxygen atoms in total. The van der Waals surface area contributed by atoms with Gasteiger partial charge in [0.1, 0.15) is 11.4 Å². The number of ether oxygens (including phenoxy) is 2. The molecule has 0 aliphatic carbocycles. The molecule has 0 bridgehead atoms. The van der Waals surface area contributed by atoms with Crippen molar-refractivity contribution in [1.29, 1.82) is 0 Å². The van der Waals surface area contributed by atoms with E-state index in [2.05, 4.69) is 32.9 Å². The molecule has 1 amide bonds. The van der Waals surface area contributed by atoms with Gasteiger partial charge in [-0.05, 0) is 65.9 Å². The molecule has 0 radical (unpaired) electrons. The summed E-state index contributed by atoms with van der Waals surface area (Å²) in [4.78, 5) is 16.0. The second-order valence-corrected chi connectivity index (χ2v) is 5.33. The normalized spacial score (nSPS) is 10.0. The Morgan fingerprint density at radius 3 is 2.71 bits per heavy atom. The van der Waals surface area contributed by atoms with Crippen LogP contribution in [0.25, 0.3) is 0 Å². The third kappa shape index (κ3) is 4.89. The van der Waals surface area contributed by atoms with E-state index in [0.29, 0.717) is 23.9 Å². The smallest absolute Gasteiger partial charge is 0.262 e. The predicted octanol–water partition coefficient (Wildman–Crippen LogP) is 3.10. The molecule has 2 aromatic rings. The molecule has 110 valence electrons. The molecule has 0 aliphatic heterocycles. The number of halogens is 1. The van der Waals surface area contributed by atoms with Crippen molar-refractivity contribution < 1.29 is 14.3 Å². The van der Waals surface area contributed by atoms with Crippen molar-refractivity contribution in [2.24, 2.45) is 0 Å². The Hall–Kier alpha value is -1.83. The number of rotatable bonds is 6. The molecule has 1 N–H and O–H groups in total. The Kier molecular flexibility index (Phi) is 5.79. The van der Waals surface area contributed by atoms with E-state index in [1.807, 2.05) is 31.2 Å². The van der Waals surface area contributed by atoms with Crippen LogP contribution in [-0.4, -0.2) is 24.1 Å². The highest BCUT2D eigenvalue weighted by molar-refractivity contribution is 14.1. The molecule has 0 spiro atoms. The summed E-state index contributed by atoms with van der Waals surface area (Å²) in [5.41, 5.74) is 0.538. The van der Waals surface area contributed by atoms with E-state index in [9.17, 15) is 4.79 Å². The fourth-order valence-corrected chi connectivity index (χ4v) is 1.96. The average Bonchev–Trinajstić information content (AvgIpc) is 2.49. The van der Waals surface area contributed by atoms with Crippen LogP contribution < -0.4 is 14.8 Å². The number of aromatic nitrogens is 1. The van der Waals surface area contributed by atoms with Crippen molar-refractivity contribution in [2.75, 3.05) is 18.5 Å². The summed E-state index contributed by atoms with van der Waals surface area (Å²) in [5.74, 6) is 0.798. The molecule has 0 unspecified atom stereocenters. The molecular formula is C15H15IN2O3. The lowest BCUT2D eigenvalue weighted by Crippen LogP contribution is -2.20. The monoisotopic (exact) mass is 398 g/mol. The van der Waals surface area contributed by atoms with E-state index >= 15 is 0 Å². The lowest BCUT2D eigenvalue weighted by Gasteiger charge is -2.10. The number of amides is 1. The lowest BCUT2D eigenvalue weighted by molar-refractivity contribution is -0.118. The van der Waals surface area contributed by atoms with Gasteiger partial charge < -0.3 is 14.8 Å². The van der Waals surface area contributed by atoms with Crippen LogP contribution in [0.2, 0.25) is 0 Å². The van der Waals surface area contributed by atoms with Crippen molar-refractivity contribution in [1.82, 2.24) is 4.98 Å². The number of hydrogen-bond acceptors (Lipinski definition) is 4. The summed E-state index contributed by atoms with van der Waals surface area (Å²) in [6.07, 6.45) is 1.61. The maximum atomic E-state index is 11.9. The number of pyridine rings is 1. The largest absolute Gasteiger partial charge is 0.484 e. The number of carbonyl (C=O) groups is 1. The fourth-order valence-electron chi connectivity index (χ4n) is 1.60. The van der Waals surface area contributed by atoms with Crippen molar-refractivity contribution in [3.8, 4) is 11.6 Å². The molecule has 1 aromatic carbocycles. The van der Waals surface area contributed by atoms with Gasteiger partial charge in [0.15, 0.2) is 6.61 Å². The van der Waals surface area contributed by atoms with Crippen molar-refractivity contribution in [3.05, 3.63) is 46.2 Å². The van der Waals surface area contributed by atoms with Gasteiger partial charge in [-0.1, -0.05) is 0 Å². The summed E-state index contributed by atoms with van der Waals surface area (Å²) in [7, 11) is 0. The van der Waals surface area contributed by atoms with Crippen LogP contribution in [0.5, 0.6) is 11.6 Å². The van der Waals surface area contributed by atoms with Crippen LogP contribution >= 0.6 is 22.6 Å². The second kappa shape index (κ2) is 7.82. The molecule has 21 heavy (non-hydrogen) atoms. The summed E-state index contributed by atoms with van der Waals surface area (Å²) in [6, 6.07) is 11.0. The number of nitrogens with one attached hydrogen (secondary N) is 1. The Morgan fingerprint density at radius 1 is 1.24 bits per heavy atom. The van der Waals surface area contributed by atoms with Gasteiger partial charge in [0.2, 0.25) is 5.88 Å². The number of hydrogen-bond donors (Lipinski definition) is 1. The molecule has 0 saturated heterocycles. The number of nitrogens with zero attached hydrogens (tertiary/aromatic N) is 1. The minimum absolute atomic E-state index is 0.0684. The minimum Gasteiger partial charge on any atom is -0.484 e. The molecular weight excluding hydrogens is 383 g/mol. The quantitative estimate of drug-likeness (QED) is 0.760. The predicted molar refractivity (Wildman–Crippen MR) is 88.7 cm³/mol. The second-order valence-electron chi connectivity index (χ2n) is 4.08. The van der Waals surface area contributed by atoms with Gasteiger partial charge >= 0.3 is 0 Å². The standard InChI is InChI=1S/C15H15IN2O3/c1-2-20-15-13(4-3-9-17-15)18-14(19)10-21-12-7-5-11(16)6-8-12/h3-9H,2,10H2,1H3,(H,18,19). The Morgan fingerprint density at radius 2 is 2.00 bits per heavy atom. The molecule has 0 aliphatic rings. The number of benzene rings is 1. The molecule has 0 atom stereocenters. The zero-order valence-electron chi connectivity index (χ0n) is 11.5. The first-order valence-electron chi connectivity index (χ1n) is 6.45. The van der Waals surface area contributed by atoms with E-state index in [-0.39, 0.29) is 12.5 Å². The zero-order valence-corrected chi connectivity index (χ0v) is 13.7. The van der Waals surface area contributed by atoms with Gasteiger partial charge in [-0.3, -0.25) is 4.79 Å². The third-order valence-corrected chi connectivity index (χ3v) is 3.23. The molecule has 1 heterocycles. The number of carbonyl (C=O) groups excluding carboxylic acids is 1. The molecule has 0 fully saturated rings. The van der Waals surface area contributed by atoms with Crippen LogP contribution in [0.4, 0.5) is 5.69 Å². The SMILES string of the molecule is CCOc1ncccc1NC(=O)COc1ccc(I)cc1. The van der Waals surface area contributed by atoms with Crippen LogP contribution in [0.1, 0.15) is 6.92 Å². The van der Waals surface area contributed by atoms with Crippen LogP contribution in [-0.2, 0) is 4.79 Å². The minimum atomic E-state index is -0.262. The van der Waals surface area contributed by atoms with Crippen molar-refractivity contribution >= 4 is 34.2 Å². The number of anilines is 1. The lowest BCUT2D eigenvalue weighted by atomic mass is 10.3. The highest BCUT2D eigenvalue weighted by atomic mass is 127. The van der Waals surface area contributed by atoms with Crippen LogP contribution in [0, 0.1) is 3.57 Å². The summed E-state index contributed by atoms with van der Waals surface area (Å²) >= 11 is 2.21. The highest BCUT2D eigenvalue weighted by Crippen LogP contribution is 2.20. The van der Waals surface area contributed by atoms with E-state index in [0.717, 1.165) is 3.57 Å². The first-order valence-corrected chi connectivity index (χ1v) is 7.53. The van der Waals surface area contributed by atoms with Gasteiger partial charge in [-0.2, -0.15) is 0 Å². The average molecular weight is 398 g/mol. The van der Waals surface area contributed by atoms with Gasteiger partial charge in [-0.25, -0.2) is 4.98 Å².